The number of rotatable bonds is 6. The Morgan fingerprint density at radius 2 is 2.22 bits per heavy atom. The van der Waals surface area contributed by atoms with Crippen LogP contribution in [0.4, 0.5) is 5.82 Å². The Bertz CT molecular complexity index is 376. The lowest BCUT2D eigenvalue weighted by atomic mass is 10.1. The van der Waals surface area contributed by atoms with Crippen LogP contribution in [0.2, 0.25) is 0 Å². The summed E-state index contributed by atoms with van der Waals surface area (Å²) in [6, 6.07) is 3.34. The van der Waals surface area contributed by atoms with Crippen molar-refractivity contribution in [2.24, 2.45) is 5.92 Å². The van der Waals surface area contributed by atoms with Crippen molar-refractivity contribution >= 4 is 11.7 Å². The van der Waals surface area contributed by atoms with E-state index in [9.17, 15) is 4.79 Å². The van der Waals surface area contributed by atoms with E-state index in [1.54, 1.807) is 24.1 Å². The molecular formula is C13H21N3O2. The van der Waals surface area contributed by atoms with Crippen molar-refractivity contribution in [1.29, 1.82) is 0 Å². The normalized spacial score (nSPS) is 10.7. The first-order valence-electron chi connectivity index (χ1n) is 6.04. The van der Waals surface area contributed by atoms with Crippen LogP contribution in [0, 0.1) is 5.92 Å². The molecule has 0 atom stereocenters. The van der Waals surface area contributed by atoms with Gasteiger partial charge in [-0.3, -0.25) is 4.79 Å². The average molecular weight is 251 g/mol. The molecule has 5 heteroatoms. The van der Waals surface area contributed by atoms with E-state index in [4.69, 9.17) is 10.5 Å². The fraction of sp³-hybridized carbons (Fsp3) is 0.538. The second kappa shape index (κ2) is 6.96. The zero-order valence-electron chi connectivity index (χ0n) is 11.2. The van der Waals surface area contributed by atoms with Gasteiger partial charge < -0.3 is 15.4 Å². The SMILES string of the molecule is COCCN(CC(C)C)C(=O)c1ccc(N)nc1. The Morgan fingerprint density at radius 1 is 1.50 bits per heavy atom. The number of ether oxygens (including phenoxy) is 1. The molecule has 5 nitrogen and oxygen atoms in total. The highest BCUT2D eigenvalue weighted by atomic mass is 16.5. The van der Waals surface area contributed by atoms with Crippen molar-refractivity contribution in [1.82, 2.24) is 9.88 Å². The van der Waals surface area contributed by atoms with Gasteiger partial charge in [0, 0.05) is 26.4 Å². The highest BCUT2D eigenvalue weighted by molar-refractivity contribution is 5.94. The molecule has 0 radical (unpaired) electrons. The standard InChI is InChI=1S/C13H21N3O2/c1-10(2)9-16(6-7-18-3)13(17)11-4-5-12(14)15-8-11/h4-5,8,10H,6-7,9H2,1-3H3,(H2,14,15). The lowest BCUT2D eigenvalue weighted by Crippen LogP contribution is -2.36. The third-order valence-corrected chi connectivity index (χ3v) is 2.47. The van der Waals surface area contributed by atoms with E-state index in [1.165, 1.54) is 6.20 Å². The van der Waals surface area contributed by atoms with Gasteiger partial charge in [0.1, 0.15) is 5.82 Å². The number of hydrogen-bond acceptors (Lipinski definition) is 4. The van der Waals surface area contributed by atoms with Crippen molar-refractivity contribution < 1.29 is 9.53 Å². The summed E-state index contributed by atoms with van der Waals surface area (Å²) >= 11 is 0. The summed E-state index contributed by atoms with van der Waals surface area (Å²) in [5.41, 5.74) is 6.06. The van der Waals surface area contributed by atoms with Crippen LogP contribution in [0.15, 0.2) is 18.3 Å². The van der Waals surface area contributed by atoms with Crippen LogP contribution in [-0.2, 0) is 4.74 Å². The molecule has 1 heterocycles. The summed E-state index contributed by atoms with van der Waals surface area (Å²) in [5, 5.41) is 0. The van der Waals surface area contributed by atoms with E-state index in [0.717, 1.165) is 0 Å². The number of methoxy groups -OCH3 is 1. The van der Waals surface area contributed by atoms with E-state index < -0.39 is 0 Å². The zero-order chi connectivity index (χ0) is 13.5. The third-order valence-electron chi connectivity index (χ3n) is 2.47. The second-order valence-corrected chi connectivity index (χ2v) is 4.61. The molecule has 100 valence electrons. The van der Waals surface area contributed by atoms with Gasteiger partial charge >= 0.3 is 0 Å². The summed E-state index contributed by atoms with van der Waals surface area (Å²) in [5.74, 6) is 0.791. The molecule has 2 N–H and O–H groups in total. The highest BCUT2D eigenvalue weighted by Crippen LogP contribution is 2.08. The Labute approximate surface area is 108 Å². The van der Waals surface area contributed by atoms with Gasteiger partial charge in [0.05, 0.1) is 12.2 Å². The molecule has 0 unspecified atom stereocenters. The van der Waals surface area contributed by atoms with E-state index >= 15 is 0 Å². The zero-order valence-corrected chi connectivity index (χ0v) is 11.2. The monoisotopic (exact) mass is 251 g/mol. The molecule has 18 heavy (non-hydrogen) atoms. The van der Waals surface area contributed by atoms with Crippen LogP contribution >= 0.6 is 0 Å². The maximum Gasteiger partial charge on any atom is 0.255 e. The number of anilines is 1. The summed E-state index contributed by atoms with van der Waals surface area (Å²) in [6.45, 7) is 5.97. The maximum atomic E-state index is 12.3. The number of carbonyl (C=O) groups excluding carboxylic acids is 1. The molecule has 1 amide bonds. The minimum absolute atomic E-state index is 0.0340. The number of nitrogens with two attached hydrogens (primary N) is 1. The number of pyridine rings is 1. The van der Waals surface area contributed by atoms with Crippen molar-refractivity contribution in [3.05, 3.63) is 23.9 Å². The van der Waals surface area contributed by atoms with Crippen molar-refractivity contribution in [2.45, 2.75) is 13.8 Å². The molecule has 0 spiro atoms. The number of carbonyl (C=O) groups is 1. The maximum absolute atomic E-state index is 12.3. The van der Waals surface area contributed by atoms with Gasteiger partial charge in [-0.1, -0.05) is 13.8 Å². The predicted molar refractivity (Wildman–Crippen MR) is 71.3 cm³/mol. The van der Waals surface area contributed by atoms with E-state index in [1.807, 2.05) is 0 Å². The molecule has 0 fully saturated rings. The Balaban J connectivity index is 2.77. The minimum atomic E-state index is -0.0340. The average Bonchev–Trinajstić information content (AvgIpc) is 2.34. The van der Waals surface area contributed by atoms with Gasteiger partial charge in [-0.15, -0.1) is 0 Å². The third kappa shape index (κ3) is 4.33. The van der Waals surface area contributed by atoms with Crippen LogP contribution < -0.4 is 5.73 Å². The number of nitrogens with zero attached hydrogens (tertiary/aromatic N) is 2. The molecule has 0 saturated heterocycles. The van der Waals surface area contributed by atoms with Crippen LogP contribution in [-0.4, -0.2) is 42.6 Å². The topological polar surface area (TPSA) is 68.5 Å². The summed E-state index contributed by atoms with van der Waals surface area (Å²) in [6.07, 6.45) is 1.51. The summed E-state index contributed by atoms with van der Waals surface area (Å²) in [7, 11) is 1.63. The number of amides is 1. The summed E-state index contributed by atoms with van der Waals surface area (Å²) in [4.78, 5) is 18.0. The van der Waals surface area contributed by atoms with Crippen LogP contribution in [0.25, 0.3) is 0 Å². The lowest BCUT2D eigenvalue weighted by molar-refractivity contribution is 0.0672. The first-order chi connectivity index (χ1) is 8.54. The largest absolute Gasteiger partial charge is 0.384 e. The number of aromatic nitrogens is 1. The smallest absolute Gasteiger partial charge is 0.255 e. The van der Waals surface area contributed by atoms with E-state index in [2.05, 4.69) is 18.8 Å². The summed E-state index contributed by atoms with van der Waals surface area (Å²) < 4.78 is 5.03. The van der Waals surface area contributed by atoms with Gasteiger partial charge in [-0.2, -0.15) is 0 Å². The number of hydrogen-bond donors (Lipinski definition) is 1. The fourth-order valence-electron chi connectivity index (χ4n) is 1.63. The first-order valence-corrected chi connectivity index (χ1v) is 6.04. The predicted octanol–water partition coefficient (Wildman–Crippen LogP) is 1.41. The first kappa shape index (κ1) is 14.4. The van der Waals surface area contributed by atoms with Crippen LogP contribution in [0.3, 0.4) is 0 Å². The van der Waals surface area contributed by atoms with Gasteiger partial charge in [-0.25, -0.2) is 4.98 Å². The Morgan fingerprint density at radius 3 is 2.72 bits per heavy atom. The quantitative estimate of drug-likeness (QED) is 0.830. The van der Waals surface area contributed by atoms with Crippen molar-refractivity contribution in [3.63, 3.8) is 0 Å². The molecule has 0 aromatic carbocycles. The molecule has 0 aliphatic heterocycles. The molecule has 0 aliphatic rings. The van der Waals surface area contributed by atoms with Crippen LogP contribution in [0.5, 0.6) is 0 Å². The second-order valence-electron chi connectivity index (χ2n) is 4.61. The minimum Gasteiger partial charge on any atom is -0.384 e. The fourth-order valence-corrected chi connectivity index (χ4v) is 1.63. The molecule has 1 aromatic heterocycles. The highest BCUT2D eigenvalue weighted by Gasteiger charge is 2.16. The Hall–Kier alpha value is -1.62. The molecule has 1 aromatic rings. The van der Waals surface area contributed by atoms with Crippen molar-refractivity contribution in [3.8, 4) is 0 Å². The van der Waals surface area contributed by atoms with Gasteiger partial charge in [-0.05, 0) is 18.1 Å². The van der Waals surface area contributed by atoms with Gasteiger partial charge in [0.25, 0.3) is 5.91 Å². The van der Waals surface area contributed by atoms with Gasteiger partial charge in [0.2, 0.25) is 0 Å². The molecule has 0 saturated carbocycles. The lowest BCUT2D eigenvalue weighted by Gasteiger charge is -2.24. The van der Waals surface area contributed by atoms with E-state index in [-0.39, 0.29) is 5.91 Å². The molecule has 0 aliphatic carbocycles. The Kier molecular flexibility index (Phi) is 5.58. The van der Waals surface area contributed by atoms with Crippen molar-refractivity contribution in [2.75, 3.05) is 32.5 Å². The van der Waals surface area contributed by atoms with Crippen LogP contribution in [0.1, 0.15) is 24.2 Å². The molecule has 1 rings (SSSR count). The number of nitrogen functional groups attached to an aromatic ring is 1. The molecular weight excluding hydrogens is 230 g/mol. The molecule has 0 bridgehead atoms. The van der Waals surface area contributed by atoms with Gasteiger partial charge in [0.15, 0.2) is 0 Å². The van der Waals surface area contributed by atoms with E-state index in [0.29, 0.717) is 37.0 Å².